The SMILES string of the molecule is Cc1cc(C(=N)N)ccc1COc1ccccc1. The summed E-state index contributed by atoms with van der Waals surface area (Å²) in [6.45, 7) is 2.52. The molecule has 0 unspecified atom stereocenters. The maximum Gasteiger partial charge on any atom is 0.122 e. The normalized spacial score (nSPS) is 10.1. The lowest BCUT2D eigenvalue weighted by molar-refractivity contribution is 0.305. The molecule has 92 valence electrons. The Morgan fingerprint density at radius 1 is 1.17 bits per heavy atom. The van der Waals surface area contributed by atoms with E-state index < -0.39 is 0 Å². The zero-order valence-corrected chi connectivity index (χ0v) is 10.3. The Kier molecular flexibility index (Phi) is 3.63. The highest BCUT2D eigenvalue weighted by atomic mass is 16.5. The second kappa shape index (κ2) is 5.36. The number of benzene rings is 2. The van der Waals surface area contributed by atoms with E-state index in [0.717, 1.165) is 22.4 Å². The van der Waals surface area contributed by atoms with Crippen molar-refractivity contribution in [2.75, 3.05) is 0 Å². The van der Waals surface area contributed by atoms with Crippen LogP contribution in [0.3, 0.4) is 0 Å². The van der Waals surface area contributed by atoms with Crippen LogP contribution in [-0.2, 0) is 6.61 Å². The number of amidine groups is 1. The minimum Gasteiger partial charge on any atom is -0.489 e. The molecule has 3 heteroatoms. The van der Waals surface area contributed by atoms with Crippen molar-refractivity contribution in [2.24, 2.45) is 5.73 Å². The van der Waals surface area contributed by atoms with Crippen LogP contribution in [-0.4, -0.2) is 5.84 Å². The number of ether oxygens (including phenoxy) is 1. The van der Waals surface area contributed by atoms with E-state index in [2.05, 4.69) is 0 Å². The van der Waals surface area contributed by atoms with Crippen LogP contribution in [0.5, 0.6) is 5.75 Å². The molecule has 3 nitrogen and oxygen atoms in total. The van der Waals surface area contributed by atoms with Crippen molar-refractivity contribution in [3.05, 3.63) is 65.2 Å². The van der Waals surface area contributed by atoms with Crippen molar-refractivity contribution in [2.45, 2.75) is 13.5 Å². The fourth-order valence-corrected chi connectivity index (χ4v) is 1.70. The third-order valence-corrected chi connectivity index (χ3v) is 2.79. The van der Waals surface area contributed by atoms with Crippen LogP contribution >= 0.6 is 0 Å². The number of para-hydroxylation sites is 1. The summed E-state index contributed by atoms with van der Waals surface area (Å²) in [5, 5.41) is 7.39. The summed E-state index contributed by atoms with van der Waals surface area (Å²) in [6, 6.07) is 15.4. The molecule has 0 saturated carbocycles. The number of nitrogen functional groups attached to an aromatic ring is 1. The zero-order valence-electron chi connectivity index (χ0n) is 10.3. The Bertz CT molecular complexity index is 550. The highest BCUT2D eigenvalue weighted by molar-refractivity contribution is 5.95. The van der Waals surface area contributed by atoms with Crippen LogP contribution in [0, 0.1) is 12.3 Å². The lowest BCUT2D eigenvalue weighted by Crippen LogP contribution is -2.11. The predicted octanol–water partition coefficient (Wildman–Crippen LogP) is 2.86. The van der Waals surface area contributed by atoms with Crippen molar-refractivity contribution < 1.29 is 4.74 Å². The summed E-state index contributed by atoms with van der Waals surface area (Å²) in [5.74, 6) is 0.946. The Labute approximate surface area is 107 Å². The van der Waals surface area contributed by atoms with E-state index in [-0.39, 0.29) is 5.84 Å². The van der Waals surface area contributed by atoms with Gasteiger partial charge in [0.15, 0.2) is 0 Å². The van der Waals surface area contributed by atoms with Gasteiger partial charge in [-0.2, -0.15) is 0 Å². The van der Waals surface area contributed by atoms with Gasteiger partial charge in [0.1, 0.15) is 18.2 Å². The second-order valence-electron chi connectivity index (χ2n) is 4.16. The van der Waals surface area contributed by atoms with Gasteiger partial charge in [-0.05, 0) is 36.2 Å². The Balaban J connectivity index is 2.08. The largest absolute Gasteiger partial charge is 0.489 e. The maximum atomic E-state index is 7.39. The van der Waals surface area contributed by atoms with Gasteiger partial charge in [-0.3, -0.25) is 5.41 Å². The first-order valence-corrected chi connectivity index (χ1v) is 5.78. The zero-order chi connectivity index (χ0) is 13.0. The highest BCUT2D eigenvalue weighted by Gasteiger charge is 2.03. The Morgan fingerprint density at radius 2 is 1.89 bits per heavy atom. The summed E-state index contributed by atoms with van der Waals surface area (Å²) in [7, 11) is 0. The first-order chi connectivity index (χ1) is 8.66. The van der Waals surface area contributed by atoms with E-state index in [1.807, 2.05) is 55.5 Å². The maximum absolute atomic E-state index is 7.39. The first kappa shape index (κ1) is 12.2. The number of hydrogen-bond donors (Lipinski definition) is 2. The van der Waals surface area contributed by atoms with Crippen LogP contribution in [0.15, 0.2) is 48.5 Å². The molecule has 2 aromatic rings. The van der Waals surface area contributed by atoms with Gasteiger partial charge in [0.2, 0.25) is 0 Å². The molecule has 0 spiro atoms. The molecule has 0 aliphatic heterocycles. The molecule has 0 radical (unpaired) electrons. The van der Waals surface area contributed by atoms with Crippen molar-refractivity contribution in [1.82, 2.24) is 0 Å². The van der Waals surface area contributed by atoms with E-state index in [4.69, 9.17) is 15.9 Å². The molecule has 18 heavy (non-hydrogen) atoms. The van der Waals surface area contributed by atoms with Crippen LogP contribution in [0.25, 0.3) is 0 Å². The smallest absolute Gasteiger partial charge is 0.122 e. The third-order valence-electron chi connectivity index (χ3n) is 2.79. The number of nitrogens with two attached hydrogens (primary N) is 1. The standard InChI is InChI=1S/C15H16N2O/c1-11-9-12(15(16)17)7-8-13(11)10-18-14-5-3-2-4-6-14/h2-9H,10H2,1H3,(H3,16,17). The molecule has 0 aliphatic rings. The Morgan fingerprint density at radius 3 is 2.50 bits per heavy atom. The molecular weight excluding hydrogens is 224 g/mol. The van der Waals surface area contributed by atoms with Crippen LogP contribution in [0.1, 0.15) is 16.7 Å². The molecule has 0 aromatic heterocycles. The summed E-state index contributed by atoms with van der Waals surface area (Å²) in [4.78, 5) is 0. The van der Waals surface area contributed by atoms with Gasteiger partial charge in [-0.15, -0.1) is 0 Å². The molecule has 0 aliphatic carbocycles. The quantitative estimate of drug-likeness (QED) is 0.637. The van der Waals surface area contributed by atoms with E-state index in [1.165, 1.54) is 0 Å². The molecule has 0 atom stereocenters. The molecule has 0 fully saturated rings. The monoisotopic (exact) mass is 240 g/mol. The van der Waals surface area contributed by atoms with Gasteiger partial charge < -0.3 is 10.5 Å². The number of nitrogens with one attached hydrogen (secondary N) is 1. The van der Waals surface area contributed by atoms with E-state index in [1.54, 1.807) is 0 Å². The van der Waals surface area contributed by atoms with Gasteiger partial charge in [-0.25, -0.2) is 0 Å². The predicted molar refractivity (Wildman–Crippen MR) is 73.0 cm³/mol. The van der Waals surface area contributed by atoms with Crippen molar-refractivity contribution in [3.8, 4) is 5.75 Å². The Hall–Kier alpha value is -2.29. The number of hydrogen-bond acceptors (Lipinski definition) is 2. The van der Waals surface area contributed by atoms with Crippen LogP contribution in [0.2, 0.25) is 0 Å². The van der Waals surface area contributed by atoms with Gasteiger partial charge in [0, 0.05) is 5.56 Å². The molecule has 2 aromatic carbocycles. The van der Waals surface area contributed by atoms with Crippen molar-refractivity contribution in [1.29, 1.82) is 5.41 Å². The highest BCUT2D eigenvalue weighted by Crippen LogP contribution is 2.15. The van der Waals surface area contributed by atoms with Crippen LogP contribution in [0.4, 0.5) is 0 Å². The molecule has 0 heterocycles. The summed E-state index contributed by atoms with van der Waals surface area (Å²) < 4.78 is 5.69. The summed E-state index contributed by atoms with van der Waals surface area (Å²) >= 11 is 0. The van der Waals surface area contributed by atoms with Crippen LogP contribution < -0.4 is 10.5 Å². The molecule has 2 rings (SSSR count). The lowest BCUT2D eigenvalue weighted by Gasteiger charge is -2.10. The molecule has 0 saturated heterocycles. The summed E-state index contributed by atoms with van der Waals surface area (Å²) in [5.41, 5.74) is 8.38. The fourth-order valence-electron chi connectivity index (χ4n) is 1.70. The average Bonchev–Trinajstić information content (AvgIpc) is 2.38. The minimum atomic E-state index is 0.0913. The summed E-state index contributed by atoms with van der Waals surface area (Å²) in [6.07, 6.45) is 0. The minimum absolute atomic E-state index is 0.0913. The average molecular weight is 240 g/mol. The first-order valence-electron chi connectivity index (χ1n) is 5.78. The van der Waals surface area contributed by atoms with E-state index in [9.17, 15) is 0 Å². The van der Waals surface area contributed by atoms with E-state index >= 15 is 0 Å². The van der Waals surface area contributed by atoms with Crippen molar-refractivity contribution >= 4 is 5.84 Å². The van der Waals surface area contributed by atoms with E-state index in [0.29, 0.717) is 6.61 Å². The van der Waals surface area contributed by atoms with Gasteiger partial charge in [0.05, 0.1) is 0 Å². The lowest BCUT2D eigenvalue weighted by atomic mass is 10.1. The third kappa shape index (κ3) is 2.88. The fraction of sp³-hybridized carbons (Fsp3) is 0.133. The van der Waals surface area contributed by atoms with Gasteiger partial charge in [0.25, 0.3) is 0 Å². The molecule has 0 amide bonds. The molecule has 0 bridgehead atoms. The topological polar surface area (TPSA) is 59.1 Å². The molecular formula is C15H16N2O. The molecule has 3 N–H and O–H groups in total. The van der Waals surface area contributed by atoms with Crippen molar-refractivity contribution in [3.63, 3.8) is 0 Å². The number of rotatable bonds is 4. The van der Waals surface area contributed by atoms with Gasteiger partial charge >= 0.3 is 0 Å². The number of aryl methyl sites for hydroxylation is 1. The van der Waals surface area contributed by atoms with Gasteiger partial charge in [-0.1, -0.05) is 30.3 Å². The second-order valence-corrected chi connectivity index (χ2v) is 4.16.